The van der Waals surface area contributed by atoms with Gasteiger partial charge in [-0.25, -0.2) is 9.59 Å². The summed E-state index contributed by atoms with van der Waals surface area (Å²) in [6.07, 6.45) is 0.412. The lowest BCUT2D eigenvalue weighted by atomic mass is 10.1. The molecule has 0 bridgehead atoms. The monoisotopic (exact) mass is 388 g/mol. The highest BCUT2D eigenvalue weighted by Gasteiger charge is 2.33. The minimum absolute atomic E-state index is 0.141. The SMILES string of the molecule is CC1=CC(N(O)C(=O)OC(C)(C)C)CN(C(=O)OC(C)(C)C)C1.COC=O. The van der Waals surface area contributed by atoms with Crippen molar-refractivity contribution in [1.82, 2.24) is 9.96 Å². The average Bonchev–Trinajstić information content (AvgIpc) is 2.50. The number of rotatable bonds is 2. The maximum Gasteiger partial charge on any atom is 0.434 e. The molecule has 0 fully saturated rings. The van der Waals surface area contributed by atoms with Crippen LogP contribution in [0.4, 0.5) is 9.59 Å². The van der Waals surface area contributed by atoms with Crippen LogP contribution >= 0.6 is 0 Å². The van der Waals surface area contributed by atoms with Gasteiger partial charge in [-0.3, -0.25) is 10.0 Å². The summed E-state index contributed by atoms with van der Waals surface area (Å²) in [6.45, 7) is 13.2. The Hall–Kier alpha value is -2.29. The predicted octanol–water partition coefficient (Wildman–Crippen LogP) is 2.97. The Balaban J connectivity index is 0.00000153. The number of hydrogen-bond acceptors (Lipinski definition) is 7. The van der Waals surface area contributed by atoms with Crippen molar-refractivity contribution >= 4 is 18.7 Å². The van der Waals surface area contributed by atoms with Crippen molar-refractivity contribution in [3.8, 4) is 0 Å². The molecule has 9 nitrogen and oxygen atoms in total. The van der Waals surface area contributed by atoms with Crippen molar-refractivity contribution in [1.29, 1.82) is 0 Å². The van der Waals surface area contributed by atoms with Gasteiger partial charge in [-0.2, -0.15) is 5.06 Å². The van der Waals surface area contributed by atoms with Crippen LogP contribution in [0, 0.1) is 0 Å². The molecule has 0 saturated carbocycles. The summed E-state index contributed by atoms with van der Waals surface area (Å²) >= 11 is 0. The summed E-state index contributed by atoms with van der Waals surface area (Å²) in [5.74, 6) is 0. The summed E-state index contributed by atoms with van der Waals surface area (Å²) < 4.78 is 14.3. The normalized spacial score (nSPS) is 17.0. The van der Waals surface area contributed by atoms with Gasteiger partial charge in [0, 0.05) is 6.54 Å². The van der Waals surface area contributed by atoms with Gasteiger partial charge < -0.3 is 19.1 Å². The molecule has 1 atom stereocenters. The molecular formula is C18H32N2O7. The fourth-order valence-corrected chi connectivity index (χ4v) is 2.08. The first-order valence-electron chi connectivity index (χ1n) is 8.53. The van der Waals surface area contributed by atoms with Crippen LogP contribution in [-0.4, -0.2) is 71.3 Å². The van der Waals surface area contributed by atoms with Crippen LogP contribution in [0.1, 0.15) is 48.5 Å². The highest BCUT2D eigenvalue weighted by atomic mass is 16.6. The molecule has 1 aliphatic rings. The minimum Gasteiger partial charge on any atom is -0.471 e. The maximum atomic E-state index is 12.2. The second-order valence-electron chi connectivity index (χ2n) is 8.10. The van der Waals surface area contributed by atoms with Gasteiger partial charge in [0.05, 0.1) is 19.7 Å². The predicted molar refractivity (Wildman–Crippen MR) is 98.3 cm³/mol. The molecule has 1 unspecified atom stereocenters. The molecule has 27 heavy (non-hydrogen) atoms. The molecule has 0 aliphatic carbocycles. The van der Waals surface area contributed by atoms with E-state index in [1.807, 2.05) is 6.92 Å². The number of carbonyl (C=O) groups excluding carboxylic acids is 3. The molecule has 0 aromatic carbocycles. The van der Waals surface area contributed by atoms with E-state index in [1.54, 1.807) is 47.6 Å². The zero-order chi connectivity index (χ0) is 21.4. The molecule has 2 amide bonds. The topological polar surface area (TPSA) is 106 Å². The van der Waals surface area contributed by atoms with Gasteiger partial charge in [0.2, 0.25) is 0 Å². The lowest BCUT2D eigenvalue weighted by Crippen LogP contribution is -2.51. The van der Waals surface area contributed by atoms with Crippen molar-refractivity contribution in [3.63, 3.8) is 0 Å². The molecule has 0 aromatic rings. The van der Waals surface area contributed by atoms with Crippen LogP contribution in [0.15, 0.2) is 11.6 Å². The molecule has 156 valence electrons. The summed E-state index contributed by atoms with van der Waals surface area (Å²) in [7, 11) is 1.31. The van der Waals surface area contributed by atoms with E-state index >= 15 is 0 Å². The van der Waals surface area contributed by atoms with E-state index in [9.17, 15) is 14.8 Å². The molecule has 1 aliphatic heterocycles. The zero-order valence-electron chi connectivity index (χ0n) is 17.4. The second-order valence-corrected chi connectivity index (χ2v) is 8.10. The van der Waals surface area contributed by atoms with Crippen LogP contribution in [-0.2, 0) is 19.0 Å². The van der Waals surface area contributed by atoms with E-state index in [-0.39, 0.29) is 6.54 Å². The second kappa shape index (κ2) is 10.1. The van der Waals surface area contributed by atoms with Crippen LogP contribution in [0.25, 0.3) is 0 Å². The lowest BCUT2D eigenvalue weighted by Gasteiger charge is -2.35. The first-order valence-corrected chi connectivity index (χ1v) is 8.53. The smallest absolute Gasteiger partial charge is 0.434 e. The van der Waals surface area contributed by atoms with Gasteiger partial charge >= 0.3 is 12.2 Å². The molecule has 0 saturated heterocycles. The number of ether oxygens (including phenoxy) is 3. The van der Waals surface area contributed by atoms with Crippen molar-refractivity contribution < 1.29 is 33.8 Å². The molecular weight excluding hydrogens is 356 g/mol. The number of hydroxylamine groups is 2. The number of carbonyl (C=O) groups is 3. The fourth-order valence-electron chi connectivity index (χ4n) is 2.08. The minimum atomic E-state index is -0.849. The van der Waals surface area contributed by atoms with Crippen LogP contribution in [0.5, 0.6) is 0 Å². The lowest BCUT2D eigenvalue weighted by molar-refractivity contribution is -0.126. The number of hydrogen-bond donors (Lipinski definition) is 1. The van der Waals surface area contributed by atoms with Gasteiger partial charge in [-0.1, -0.05) is 11.6 Å². The van der Waals surface area contributed by atoms with Gasteiger partial charge in [0.1, 0.15) is 11.2 Å². The van der Waals surface area contributed by atoms with Gasteiger partial charge in [-0.05, 0) is 48.5 Å². The molecule has 1 N–H and O–H groups in total. The Kier molecular flexibility index (Phi) is 9.29. The Morgan fingerprint density at radius 2 is 1.67 bits per heavy atom. The molecule has 0 radical (unpaired) electrons. The number of methoxy groups -OCH3 is 1. The fraction of sp³-hybridized carbons (Fsp3) is 0.722. The van der Waals surface area contributed by atoms with E-state index in [1.165, 1.54) is 12.0 Å². The first kappa shape index (κ1) is 24.7. The summed E-state index contributed by atoms with van der Waals surface area (Å²) in [4.78, 5) is 34.6. The average molecular weight is 388 g/mol. The van der Waals surface area contributed by atoms with Crippen molar-refractivity contribution in [2.45, 2.75) is 65.7 Å². The molecule has 0 aromatic heterocycles. The third-order valence-electron chi connectivity index (χ3n) is 2.97. The Bertz CT molecular complexity index is 547. The third kappa shape index (κ3) is 10.4. The summed E-state index contributed by atoms with van der Waals surface area (Å²) in [5.41, 5.74) is -0.461. The van der Waals surface area contributed by atoms with E-state index in [0.29, 0.717) is 18.1 Å². The third-order valence-corrected chi connectivity index (χ3v) is 2.97. The largest absolute Gasteiger partial charge is 0.471 e. The first-order chi connectivity index (χ1) is 12.2. The molecule has 9 heteroatoms. The number of nitrogens with zero attached hydrogens (tertiary/aromatic N) is 2. The Morgan fingerprint density at radius 1 is 1.19 bits per heavy atom. The number of amides is 2. The van der Waals surface area contributed by atoms with E-state index in [0.717, 1.165) is 5.57 Å². The van der Waals surface area contributed by atoms with Crippen LogP contribution < -0.4 is 0 Å². The molecule has 1 rings (SSSR count). The van der Waals surface area contributed by atoms with Gasteiger partial charge in [0.15, 0.2) is 0 Å². The van der Waals surface area contributed by atoms with E-state index in [4.69, 9.17) is 14.3 Å². The maximum absolute atomic E-state index is 12.2. The van der Waals surface area contributed by atoms with E-state index < -0.39 is 29.4 Å². The van der Waals surface area contributed by atoms with E-state index in [2.05, 4.69) is 4.74 Å². The summed E-state index contributed by atoms with van der Waals surface area (Å²) in [5, 5.41) is 10.6. The quantitative estimate of drug-likeness (QED) is 0.255. The highest BCUT2D eigenvalue weighted by molar-refractivity contribution is 5.70. The zero-order valence-corrected chi connectivity index (χ0v) is 17.4. The Labute approximate surface area is 160 Å². The molecule has 1 heterocycles. The van der Waals surface area contributed by atoms with Gasteiger partial charge in [-0.15, -0.1) is 0 Å². The van der Waals surface area contributed by atoms with Crippen LogP contribution in [0.2, 0.25) is 0 Å². The van der Waals surface area contributed by atoms with Crippen molar-refractivity contribution in [3.05, 3.63) is 11.6 Å². The van der Waals surface area contributed by atoms with Crippen molar-refractivity contribution in [2.75, 3.05) is 20.2 Å². The summed E-state index contributed by atoms with van der Waals surface area (Å²) in [6, 6.07) is -0.675. The molecule has 0 spiro atoms. The Morgan fingerprint density at radius 3 is 2.07 bits per heavy atom. The van der Waals surface area contributed by atoms with Crippen LogP contribution in [0.3, 0.4) is 0 Å². The van der Waals surface area contributed by atoms with Crippen molar-refractivity contribution in [2.24, 2.45) is 0 Å². The van der Waals surface area contributed by atoms with Gasteiger partial charge in [0.25, 0.3) is 6.47 Å². The highest BCUT2D eigenvalue weighted by Crippen LogP contribution is 2.19. The standard InChI is InChI=1S/C16H28N2O5.C2H4O2/c1-11-8-12(18(21)14(20)23-16(5,6)7)10-17(9-11)13(19)22-15(2,3)4;1-4-2-3/h8,12,21H,9-10H2,1-7H3;2H,1H3.